The fourth-order valence-electron chi connectivity index (χ4n) is 2.61. The van der Waals surface area contributed by atoms with Crippen molar-refractivity contribution in [3.8, 4) is 5.75 Å². The molecule has 0 unspecified atom stereocenters. The summed E-state index contributed by atoms with van der Waals surface area (Å²) in [6, 6.07) is 6.89. The molecular formula is C18H24N4O3. The number of nitrogens with one attached hydrogen (secondary N) is 2. The summed E-state index contributed by atoms with van der Waals surface area (Å²) in [6.07, 6.45) is 5.42. The maximum absolute atomic E-state index is 12.4. The van der Waals surface area contributed by atoms with E-state index in [-0.39, 0.29) is 30.3 Å². The topological polar surface area (TPSA) is 85.2 Å². The summed E-state index contributed by atoms with van der Waals surface area (Å²) in [4.78, 5) is 27.8. The molecule has 0 radical (unpaired) electrons. The number of benzene rings is 1. The van der Waals surface area contributed by atoms with Crippen molar-refractivity contribution < 1.29 is 14.3 Å². The Morgan fingerprint density at radius 2 is 1.96 bits per heavy atom. The Hall–Kier alpha value is -2.83. The van der Waals surface area contributed by atoms with Crippen LogP contribution in [0.25, 0.3) is 0 Å². The van der Waals surface area contributed by atoms with E-state index in [0.29, 0.717) is 6.54 Å². The minimum absolute atomic E-state index is 0.0458. The second-order valence-corrected chi connectivity index (χ2v) is 5.96. The zero-order valence-corrected chi connectivity index (χ0v) is 14.7. The fraction of sp³-hybridized carbons (Fsp3) is 0.389. The van der Waals surface area contributed by atoms with Gasteiger partial charge in [0.2, 0.25) is 11.8 Å². The van der Waals surface area contributed by atoms with Gasteiger partial charge in [0.05, 0.1) is 25.9 Å². The van der Waals surface area contributed by atoms with E-state index in [2.05, 4.69) is 15.6 Å². The molecule has 1 aromatic carbocycles. The van der Waals surface area contributed by atoms with Crippen LogP contribution in [-0.2, 0) is 16.1 Å². The van der Waals surface area contributed by atoms with Crippen LogP contribution in [0.5, 0.6) is 5.75 Å². The summed E-state index contributed by atoms with van der Waals surface area (Å²) in [5.74, 6) is 0.422. The van der Waals surface area contributed by atoms with Crippen LogP contribution in [0.2, 0.25) is 0 Å². The summed E-state index contributed by atoms with van der Waals surface area (Å²) in [5.41, 5.74) is 0.855. The fourth-order valence-corrected chi connectivity index (χ4v) is 2.61. The van der Waals surface area contributed by atoms with Gasteiger partial charge in [-0.1, -0.05) is 12.1 Å². The normalized spacial score (nSPS) is 12.9. The number of imidazole rings is 1. The molecule has 7 nitrogen and oxygen atoms in total. The van der Waals surface area contributed by atoms with Gasteiger partial charge in [0.1, 0.15) is 5.75 Å². The van der Waals surface area contributed by atoms with Gasteiger partial charge in [-0.3, -0.25) is 9.59 Å². The van der Waals surface area contributed by atoms with Gasteiger partial charge in [0.25, 0.3) is 0 Å². The quantitative estimate of drug-likeness (QED) is 0.763. The number of amides is 2. The largest absolute Gasteiger partial charge is 0.497 e. The maximum atomic E-state index is 12.4. The van der Waals surface area contributed by atoms with Crippen LogP contribution in [0, 0.1) is 0 Å². The highest BCUT2D eigenvalue weighted by Crippen LogP contribution is 2.20. The first-order valence-electron chi connectivity index (χ1n) is 8.14. The number of aromatic nitrogens is 2. The number of methoxy groups -OCH3 is 1. The van der Waals surface area contributed by atoms with Crippen LogP contribution in [0.4, 0.5) is 0 Å². The molecule has 2 N–H and O–H groups in total. The minimum Gasteiger partial charge on any atom is -0.497 e. The number of ether oxygens (including phenoxy) is 1. The molecule has 25 heavy (non-hydrogen) atoms. The summed E-state index contributed by atoms with van der Waals surface area (Å²) in [7, 11) is 1.59. The van der Waals surface area contributed by atoms with Gasteiger partial charge in [-0.15, -0.1) is 0 Å². The molecule has 2 aromatic rings. The highest BCUT2D eigenvalue weighted by Gasteiger charge is 2.18. The Bertz CT molecular complexity index is 683. The van der Waals surface area contributed by atoms with Crippen molar-refractivity contribution >= 4 is 11.8 Å². The first-order valence-corrected chi connectivity index (χ1v) is 8.14. The van der Waals surface area contributed by atoms with Crippen molar-refractivity contribution in [2.45, 2.75) is 38.9 Å². The van der Waals surface area contributed by atoms with E-state index in [1.807, 2.05) is 42.0 Å². The maximum Gasteiger partial charge on any atom is 0.222 e. The van der Waals surface area contributed by atoms with E-state index in [4.69, 9.17) is 4.74 Å². The molecule has 1 aromatic heterocycles. The van der Waals surface area contributed by atoms with E-state index in [0.717, 1.165) is 11.3 Å². The predicted octanol–water partition coefficient (Wildman–Crippen LogP) is 1.66. The Morgan fingerprint density at radius 1 is 1.24 bits per heavy atom. The molecule has 7 heteroatoms. The Kier molecular flexibility index (Phi) is 6.56. The summed E-state index contributed by atoms with van der Waals surface area (Å²) >= 11 is 0. The number of carbonyl (C=O) groups excluding carboxylic acids is 2. The molecule has 0 bridgehead atoms. The molecule has 0 aliphatic carbocycles. The van der Waals surface area contributed by atoms with Crippen molar-refractivity contribution in [3.63, 3.8) is 0 Å². The van der Waals surface area contributed by atoms with Crippen molar-refractivity contribution in [3.05, 3.63) is 48.5 Å². The number of nitrogens with zero attached hydrogens (tertiary/aromatic N) is 2. The molecule has 2 amide bonds. The van der Waals surface area contributed by atoms with Crippen LogP contribution in [0.3, 0.4) is 0 Å². The van der Waals surface area contributed by atoms with Gasteiger partial charge >= 0.3 is 0 Å². The van der Waals surface area contributed by atoms with E-state index < -0.39 is 0 Å². The van der Waals surface area contributed by atoms with Crippen LogP contribution < -0.4 is 15.4 Å². The Labute approximate surface area is 147 Å². The van der Waals surface area contributed by atoms with Gasteiger partial charge in [-0.05, 0) is 24.6 Å². The second-order valence-electron chi connectivity index (χ2n) is 5.96. The first-order chi connectivity index (χ1) is 12.0. The summed E-state index contributed by atoms with van der Waals surface area (Å²) in [6.45, 7) is 4.01. The molecule has 134 valence electrons. The standard InChI is InChI=1S/C18H24N4O3/c1-13(11-22-9-8-19-12-22)20-18(24)10-17(21-14(2)23)15-4-6-16(25-3)7-5-15/h4-9,12-13,17H,10-11H2,1-3H3,(H,20,24)(H,21,23)/t13-,17+/m0/s1. The van der Waals surface area contributed by atoms with Crippen molar-refractivity contribution in [2.24, 2.45) is 0 Å². The minimum atomic E-state index is -0.385. The van der Waals surface area contributed by atoms with E-state index in [1.165, 1.54) is 6.92 Å². The molecule has 0 aliphatic heterocycles. The Morgan fingerprint density at radius 3 is 2.52 bits per heavy atom. The first kappa shape index (κ1) is 18.5. The average molecular weight is 344 g/mol. The molecule has 0 saturated carbocycles. The third-order valence-corrected chi connectivity index (χ3v) is 3.74. The molecule has 2 rings (SSSR count). The lowest BCUT2D eigenvalue weighted by Crippen LogP contribution is -2.38. The monoisotopic (exact) mass is 344 g/mol. The van der Waals surface area contributed by atoms with Crippen LogP contribution in [-0.4, -0.2) is 34.5 Å². The smallest absolute Gasteiger partial charge is 0.222 e. The highest BCUT2D eigenvalue weighted by molar-refractivity contribution is 5.79. The third kappa shape index (κ3) is 5.95. The predicted molar refractivity (Wildman–Crippen MR) is 94.0 cm³/mol. The summed E-state index contributed by atoms with van der Waals surface area (Å²) < 4.78 is 7.04. The van der Waals surface area contributed by atoms with E-state index in [1.54, 1.807) is 19.6 Å². The average Bonchev–Trinajstić information content (AvgIpc) is 3.06. The van der Waals surface area contributed by atoms with Gasteiger partial charge < -0.3 is 19.9 Å². The lowest BCUT2D eigenvalue weighted by Gasteiger charge is -2.20. The van der Waals surface area contributed by atoms with Crippen molar-refractivity contribution in [1.82, 2.24) is 20.2 Å². The zero-order chi connectivity index (χ0) is 18.2. The van der Waals surface area contributed by atoms with Crippen molar-refractivity contribution in [1.29, 1.82) is 0 Å². The van der Waals surface area contributed by atoms with Gasteiger partial charge in [0, 0.05) is 31.9 Å². The van der Waals surface area contributed by atoms with Crippen LogP contribution in [0.15, 0.2) is 43.0 Å². The zero-order valence-electron chi connectivity index (χ0n) is 14.7. The molecule has 0 aliphatic rings. The molecule has 0 saturated heterocycles. The number of rotatable bonds is 8. The molecular weight excluding hydrogens is 320 g/mol. The number of carbonyl (C=O) groups is 2. The van der Waals surface area contributed by atoms with E-state index >= 15 is 0 Å². The molecule has 0 spiro atoms. The number of hydrogen-bond donors (Lipinski definition) is 2. The lowest BCUT2D eigenvalue weighted by molar-refractivity contribution is -0.123. The molecule has 1 heterocycles. The van der Waals surface area contributed by atoms with Crippen molar-refractivity contribution in [2.75, 3.05) is 7.11 Å². The van der Waals surface area contributed by atoms with Crippen LogP contribution >= 0.6 is 0 Å². The number of hydrogen-bond acceptors (Lipinski definition) is 4. The lowest BCUT2D eigenvalue weighted by atomic mass is 10.0. The second kappa shape index (κ2) is 8.86. The van der Waals surface area contributed by atoms with Gasteiger partial charge in [0.15, 0.2) is 0 Å². The molecule has 0 fully saturated rings. The Balaban J connectivity index is 1.97. The van der Waals surface area contributed by atoms with E-state index in [9.17, 15) is 9.59 Å². The summed E-state index contributed by atoms with van der Waals surface area (Å²) in [5, 5.41) is 5.78. The van der Waals surface area contributed by atoms with Gasteiger partial charge in [-0.25, -0.2) is 4.98 Å². The molecule has 2 atom stereocenters. The highest BCUT2D eigenvalue weighted by atomic mass is 16.5. The SMILES string of the molecule is COc1ccc([C@@H](CC(=O)N[C@@H](C)Cn2ccnc2)NC(C)=O)cc1. The third-order valence-electron chi connectivity index (χ3n) is 3.74. The van der Waals surface area contributed by atoms with Gasteiger partial charge in [-0.2, -0.15) is 0 Å². The van der Waals surface area contributed by atoms with Crippen LogP contribution in [0.1, 0.15) is 31.9 Å².